The predicted octanol–water partition coefficient (Wildman–Crippen LogP) is 6.89. The zero-order chi connectivity index (χ0) is 16.9. The van der Waals surface area contributed by atoms with Gasteiger partial charge < -0.3 is 0 Å². The maximum atomic E-state index is 2.50. The monoisotopic (exact) mass is 324 g/mol. The Balaban J connectivity index is 1.73. The highest BCUT2D eigenvalue weighted by molar-refractivity contribution is 5.84. The van der Waals surface area contributed by atoms with Gasteiger partial charge in [-0.1, -0.05) is 85.5 Å². The van der Waals surface area contributed by atoms with Crippen molar-refractivity contribution in [3.63, 3.8) is 0 Å². The van der Waals surface area contributed by atoms with Crippen LogP contribution in [0.5, 0.6) is 0 Å². The topological polar surface area (TPSA) is 0 Å². The molecule has 124 valence electrons. The molecule has 3 aromatic carbocycles. The minimum atomic E-state index is 0.254. The van der Waals surface area contributed by atoms with Crippen LogP contribution in [0.25, 0.3) is 22.3 Å². The van der Waals surface area contributed by atoms with Gasteiger partial charge in [-0.25, -0.2) is 0 Å². The van der Waals surface area contributed by atoms with Crippen molar-refractivity contribution in [2.24, 2.45) is 0 Å². The van der Waals surface area contributed by atoms with E-state index in [1.54, 1.807) is 11.1 Å². The third-order valence-corrected chi connectivity index (χ3v) is 6.33. The molecule has 0 amide bonds. The zero-order valence-electron chi connectivity index (χ0n) is 14.9. The SMILES string of the molecule is Cc1cccc(-c2ccc3c(c2)C2(CCCCC2)c2ccccc2-3)c1. The van der Waals surface area contributed by atoms with Gasteiger partial charge in [0.2, 0.25) is 0 Å². The molecule has 0 radical (unpaired) electrons. The minimum absolute atomic E-state index is 0.254. The van der Waals surface area contributed by atoms with Crippen LogP contribution in [0.1, 0.15) is 48.8 Å². The van der Waals surface area contributed by atoms with Crippen molar-refractivity contribution < 1.29 is 0 Å². The van der Waals surface area contributed by atoms with Crippen molar-refractivity contribution in [1.82, 2.24) is 0 Å². The Bertz CT molecular complexity index is 942. The Hall–Kier alpha value is -2.34. The van der Waals surface area contributed by atoms with Crippen LogP contribution in [0, 0.1) is 6.92 Å². The zero-order valence-corrected chi connectivity index (χ0v) is 14.9. The van der Waals surface area contributed by atoms with Gasteiger partial charge in [-0.3, -0.25) is 0 Å². The fourth-order valence-electron chi connectivity index (χ4n) is 5.15. The molecule has 0 heteroatoms. The van der Waals surface area contributed by atoms with Gasteiger partial charge in [0.15, 0.2) is 0 Å². The quantitative estimate of drug-likeness (QED) is 0.457. The summed E-state index contributed by atoms with van der Waals surface area (Å²) in [5.74, 6) is 0. The normalized spacial score (nSPS) is 17.3. The van der Waals surface area contributed by atoms with Gasteiger partial charge in [-0.15, -0.1) is 0 Å². The van der Waals surface area contributed by atoms with Gasteiger partial charge in [-0.2, -0.15) is 0 Å². The maximum absolute atomic E-state index is 2.50. The average Bonchev–Trinajstić information content (AvgIpc) is 2.92. The van der Waals surface area contributed by atoms with Gasteiger partial charge in [0.05, 0.1) is 0 Å². The second kappa shape index (κ2) is 5.59. The molecule has 0 bridgehead atoms. The van der Waals surface area contributed by atoms with Gasteiger partial charge in [0.1, 0.15) is 0 Å². The second-order valence-corrected chi connectivity index (χ2v) is 7.82. The summed E-state index contributed by atoms with van der Waals surface area (Å²) in [7, 11) is 0. The van der Waals surface area contributed by atoms with Gasteiger partial charge in [0, 0.05) is 5.41 Å². The van der Waals surface area contributed by atoms with Crippen molar-refractivity contribution >= 4 is 0 Å². The average molecular weight is 324 g/mol. The van der Waals surface area contributed by atoms with Gasteiger partial charge >= 0.3 is 0 Å². The van der Waals surface area contributed by atoms with E-state index in [-0.39, 0.29) is 5.41 Å². The summed E-state index contributed by atoms with van der Waals surface area (Å²) in [6, 6.07) is 25.2. The molecule has 1 saturated carbocycles. The lowest BCUT2D eigenvalue weighted by Gasteiger charge is -2.36. The van der Waals surface area contributed by atoms with Crippen LogP contribution in [0.3, 0.4) is 0 Å². The van der Waals surface area contributed by atoms with E-state index in [1.165, 1.54) is 59.9 Å². The molecule has 3 aromatic rings. The smallest absolute Gasteiger partial charge is 0.0215 e. The Morgan fingerprint density at radius 2 is 1.40 bits per heavy atom. The van der Waals surface area contributed by atoms with E-state index in [0.717, 1.165) is 0 Å². The van der Waals surface area contributed by atoms with Crippen molar-refractivity contribution in [3.05, 3.63) is 83.4 Å². The largest absolute Gasteiger partial charge is 0.0619 e. The number of aryl methyl sites for hydroxylation is 1. The number of hydrogen-bond donors (Lipinski definition) is 0. The molecule has 0 aliphatic heterocycles. The van der Waals surface area contributed by atoms with Crippen molar-refractivity contribution in [1.29, 1.82) is 0 Å². The highest BCUT2D eigenvalue weighted by Gasteiger charge is 2.43. The van der Waals surface area contributed by atoms with Gasteiger partial charge in [0.25, 0.3) is 0 Å². The van der Waals surface area contributed by atoms with E-state index in [1.807, 2.05) is 0 Å². The summed E-state index contributed by atoms with van der Waals surface area (Å²) in [5, 5.41) is 0. The Kier molecular flexibility index (Phi) is 3.35. The highest BCUT2D eigenvalue weighted by Crippen LogP contribution is 2.56. The molecule has 1 fully saturated rings. The summed E-state index contributed by atoms with van der Waals surface area (Å²) in [6.45, 7) is 2.18. The van der Waals surface area contributed by atoms with Crippen molar-refractivity contribution in [3.8, 4) is 22.3 Å². The highest BCUT2D eigenvalue weighted by atomic mass is 14.5. The molecule has 0 unspecified atom stereocenters. The number of benzene rings is 3. The molecule has 0 saturated heterocycles. The lowest BCUT2D eigenvalue weighted by Crippen LogP contribution is -2.28. The van der Waals surface area contributed by atoms with E-state index in [4.69, 9.17) is 0 Å². The molecule has 0 nitrogen and oxygen atoms in total. The molecule has 5 rings (SSSR count). The molecule has 0 N–H and O–H groups in total. The Morgan fingerprint density at radius 1 is 0.640 bits per heavy atom. The summed E-state index contributed by atoms with van der Waals surface area (Å²) in [4.78, 5) is 0. The first kappa shape index (κ1) is 15.0. The number of fused-ring (bicyclic) bond motifs is 5. The lowest BCUT2D eigenvalue weighted by atomic mass is 9.67. The maximum Gasteiger partial charge on any atom is 0.0215 e. The fourth-order valence-corrected chi connectivity index (χ4v) is 5.15. The number of rotatable bonds is 1. The number of hydrogen-bond acceptors (Lipinski definition) is 0. The third kappa shape index (κ3) is 2.20. The predicted molar refractivity (Wildman–Crippen MR) is 106 cm³/mol. The van der Waals surface area contributed by atoms with E-state index in [9.17, 15) is 0 Å². The fraction of sp³-hybridized carbons (Fsp3) is 0.280. The summed E-state index contributed by atoms with van der Waals surface area (Å²) >= 11 is 0. The molecule has 2 aliphatic carbocycles. The van der Waals surface area contributed by atoms with Crippen LogP contribution < -0.4 is 0 Å². The molecular weight excluding hydrogens is 300 g/mol. The standard InChI is InChI=1S/C25H24/c1-18-8-7-9-19(16-18)20-12-13-22-21-10-3-4-11-23(21)25(24(22)17-20)14-5-2-6-15-25/h3-4,7-13,16-17H,2,5-6,14-15H2,1H3. The molecule has 2 aliphatic rings. The first-order chi connectivity index (χ1) is 12.3. The Labute approximate surface area is 150 Å². The van der Waals surface area contributed by atoms with Crippen molar-refractivity contribution in [2.45, 2.75) is 44.4 Å². The molecule has 0 atom stereocenters. The van der Waals surface area contributed by atoms with E-state index in [2.05, 4.69) is 73.7 Å². The molecule has 0 heterocycles. The summed E-state index contributed by atoms with van der Waals surface area (Å²) in [6.07, 6.45) is 6.68. The first-order valence-corrected chi connectivity index (χ1v) is 9.59. The van der Waals surface area contributed by atoms with Crippen LogP contribution in [0.2, 0.25) is 0 Å². The first-order valence-electron chi connectivity index (χ1n) is 9.59. The van der Waals surface area contributed by atoms with Crippen LogP contribution in [0.4, 0.5) is 0 Å². The van der Waals surface area contributed by atoms with E-state index >= 15 is 0 Å². The third-order valence-electron chi connectivity index (χ3n) is 6.33. The molecule has 0 aromatic heterocycles. The van der Waals surface area contributed by atoms with Crippen LogP contribution in [0.15, 0.2) is 66.7 Å². The van der Waals surface area contributed by atoms with Crippen LogP contribution in [-0.4, -0.2) is 0 Å². The van der Waals surface area contributed by atoms with E-state index < -0.39 is 0 Å². The summed E-state index contributed by atoms with van der Waals surface area (Å²) < 4.78 is 0. The van der Waals surface area contributed by atoms with Gasteiger partial charge in [-0.05, 0) is 59.2 Å². The molecular formula is C25H24. The Morgan fingerprint density at radius 3 is 2.24 bits per heavy atom. The minimum Gasteiger partial charge on any atom is -0.0619 e. The lowest BCUT2D eigenvalue weighted by molar-refractivity contribution is 0.353. The van der Waals surface area contributed by atoms with Crippen molar-refractivity contribution in [2.75, 3.05) is 0 Å². The summed E-state index contributed by atoms with van der Waals surface area (Å²) in [5.41, 5.74) is 10.4. The van der Waals surface area contributed by atoms with E-state index in [0.29, 0.717) is 0 Å². The van der Waals surface area contributed by atoms with Crippen LogP contribution in [-0.2, 0) is 5.41 Å². The molecule has 1 spiro atoms. The second-order valence-electron chi connectivity index (χ2n) is 7.82. The molecule has 25 heavy (non-hydrogen) atoms. The van der Waals surface area contributed by atoms with Crippen LogP contribution >= 0.6 is 0 Å².